The van der Waals surface area contributed by atoms with Gasteiger partial charge in [0.25, 0.3) is 5.56 Å². The molecule has 0 spiro atoms. The fraction of sp³-hybridized carbons (Fsp3) is 0.556. The molecule has 6 heteroatoms. The minimum Gasteiger partial charge on any atom is -0.355 e. The van der Waals surface area contributed by atoms with E-state index in [1.165, 1.54) is 12.8 Å². The van der Waals surface area contributed by atoms with Gasteiger partial charge < -0.3 is 4.90 Å². The Hall–Kier alpha value is -2.24. The summed E-state index contributed by atoms with van der Waals surface area (Å²) in [5.41, 5.74) is 2.04. The molecule has 4 rings (SSSR count). The van der Waals surface area contributed by atoms with Gasteiger partial charge in [0.05, 0.1) is 23.8 Å². The Morgan fingerprint density at radius 2 is 1.88 bits per heavy atom. The van der Waals surface area contributed by atoms with Gasteiger partial charge in [0.15, 0.2) is 0 Å². The van der Waals surface area contributed by atoms with E-state index >= 15 is 0 Å². The van der Waals surface area contributed by atoms with Crippen molar-refractivity contribution in [3.63, 3.8) is 0 Å². The summed E-state index contributed by atoms with van der Waals surface area (Å²) in [7, 11) is 0. The second kappa shape index (κ2) is 6.34. The van der Waals surface area contributed by atoms with Crippen LogP contribution in [0.1, 0.15) is 43.0 Å². The number of aryl methyl sites for hydroxylation is 1. The van der Waals surface area contributed by atoms with Crippen LogP contribution < -0.4 is 10.5 Å². The average Bonchev–Trinajstić information content (AvgIpc) is 3.43. The zero-order valence-corrected chi connectivity index (χ0v) is 14.1. The van der Waals surface area contributed by atoms with Crippen LogP contribution in [0.25, 0.3) is 0 Å². The van der Waals surface area contributed by atoms with Crippen LogP contribution in [0.5, 0.6) is 0 Å². The molecular weight excluding hydrogens is 302 g/mol. The van der Waals surface area contributed by atoms with Crippen LogP contribution in [-0.2, 0) is 6.54 Å². The highest BCUT2D eigenvalue weighted by atomic mass is 16.1. The fourth-order valence-corrected chi connectivity index (χ4v) is 3.33. The molecule has 1 aliphatic carbocycles. The highest BCUT2D eigenvalue weighted by Gasteiger charge is 2.26. The van der Waals surface area contributed by atoms with E-state index in [4.69, 9.17) is 0 Å². The molecule has 1 aliphatic heterocycles. The molecule has 0 amide bonds. The molecule has 126 valence electrons. The van der Waals surface area contributed by atoms with Crippen molar-refractivity contribution in [2.45, 2.75) is 45.1 Å². The summed E-state index contributed by atoms with van der Waals surface area (Å²) in [6.45, 7) is 4.59. The van der Waals surface area contributed by atoms with Crippen molar-refractivity contribution in [1.29, 1.82) is 0 Å². The minimum absolute atomic E-state index is 0.0197. The molecule has 1 saturated heterocycles. The van der Waals surface area contributed by atoms with E-state index in [0.29, 0.717) is 11.8 Å². The van der Waals surface area contributed by atoms with Gasteiger partial charge in [0.2, 0.25) is 0 Å². The summed E-state index contributed by atoms with van der Waals surface area (Å²) in [4.78, 5) is 23.1. The van der Waals surface area contributed by atoms with E-state index in [0.717, 1.165) is 49.7 Å². The Kier molecular flexibility index (Phi) is 4.04. The van der Waals surface area contributed by atoms with Crippen molar-refractivity contribution in [3.05, 3.63) is 46.3 Å². The Labute approximate surface area is 141 Å². The summed E-state index contributed by atoms with van der Waals surface area (Å²) >= 11 is 0. The van der Waals surface area contributed by atoms with Gasteiger partial charge in [0.1, 0.15) is 5.82 Å². The Bertz CT molecular complexity index is 758. The van der Waals surface area contributed by atoms with E-state index in [2.05, 4.69) is 20.0 Å². The zero-order valence-electron chi connectivity index (χ0n) is 14.1. The van der Waals surface area contributed by atoms with Crippen LogP contribution in [0.3, 0.4) is 0 Å². The van der Waals surface area contributed by atoms with Crippen molar-refractivity contribution in [3.8, 4) is 0 Å². The highest BCUT2D eigenvalue weighted by Crippen LogP contribution is 2.38. The van der Waals surface area contributed by atoms with Crippen LogP contribution in [0.15, 0.2) is 29.3 Å². The number of rotatable bonds is 4. The number of hydrogen-bond acceptors (Lipinski definition) is 5. The predicted molar refractivity (Wildman–Crippen MR) is 92.2 cm³/mol. The lowest BCUT2D eigenvalue weighted by Gasteiger charge is -2.32. The maximum atomic E-state index is 12.1. The quantitative estimate of drug-likeness (QED) is 0.862. The molecule has 3 heterocycles. The predicted octanol–water partition coefficient (Wildman–Crippen LogP) is 2.14. The van der Waals surface area contributed by atoms with Crippen LogP contribution in [0.2, 0.25) is 0 Å². The molecule has 0 atom stereocenters. The lowest BCUT2D eigenvalue weighted by molar-refractivity contribution is 0.332. The lowest BCUT2D eigenvalue weighted by atomic mass is 9.97. The third-order valence-electron chi connectivity index (χ3n) is 5.02. The van der Waals surface area contributed by atoms with E-state index in [1.54, 1.807) is 10.7 Å². The first-order valence-electron chi connectivity index (χ1n) is 8.81. The van der Waals surface area contributed by atoms with Gasteiger partial charge in [-0.3, -0.25) is 9.78 Å². The molecule has 2 aliphatic rings. The Morgan fingerprint density at radius 1 is 1.08 bits per heavy atom. The van der Waals surface area contributed by atoms with Crippen LogP contribution in [0, 0.1) is 12.8 Å². The first kappa shape index (κ1) is 15.3. The minimum atomic E-state index is 0.0197. The van der Waals surface area contributed by atoms with Gasteiger partial charge in [-0.1, -0.05) is 0 Å². The van der Waals surface area contributed by atoms with Gasteiger partial charge in [0, 0.05) is 31.6 Å². The maximum Gasteiger partial charge on any atom is 0.266 e. The summed E-state index contributed by atoms with van der Waals surface area (Å²) in [6, 6.07) is 3.58. The molecule has 2 aromatic rings. The third-order valence-corrected chi connectivity index (χ3v) is 5.02. The molecular formula is C18H23N5O. The molecule has 2 aromatic heterocycles. The van der Waals surface area contributed by atoms with Gasteiger partial charge in [-0.25, -0.2) is 9.67 Å². The van der Waals surface area contributed by atoms with Crippen molar-refractivity contribution in [2.24, 2.45) is 5.92 Å². The smallest absolute Gasteiger partial charge is 0.266 e. The van der Waals surface area contributed by atoms with Crippen molar-refractivity contribution in [2.75, 3.05) is 18.0 Å². The Balaban J connectivity index is 1.38. The number of nitrogens with zero attached hydrogens (tertiary/aromatic N) is 5. The second-order valence-corrected chi connectivity index (χ2v) is 7.00. The molecule has 0 aromatic carbocycles. The van der Waals surface area contributed by atoms with Crippen LogP contribution in [-0.4, -0.2) is 32.8 Å². The first-order valence-corrected chi connectivity index (χ1v) is 8.81. The number of anilines is 1. The highest BCUT2D eigenvalue weighted by molar-refractivity contribution is 5.36. The van der Waals surface area contributed by atoms with E-state index in [-0.39, 0.29) is 5.56 Å². The first-order chi connectivity index (χ1) is 11.7. The third kappa shape index (κ3) is 3.32. The largest absolute Gasteiger partial charge is 0.355 e. The number of piperidine rings is 1. The summed E-state index contributed by atoms with van der Waals surface area (Å²) in [5.74, 6) is 2.03. The molecule has 6 nitrogen and oxygen atoms in total. The molecule has 0 unspecified atom stereocenters. The van der Waals surface area contributed by atoms with Crippen molar-refractivity contribution >= 4 is 5.82 Å². The summed E-state index contributed by atoms with van der Waals surface area (Å²) in [6.07, 6.45) is 8.19. The van der Waals surface area contributed by atoms with Crippen LogP contribution in [0.4, 0.5) is 5.82 Å². The van der Waals surface area contributed by atoms with E-state index < -0.39 is 0 Å². The van der Waals surface area contributed by atoms with E-state index in [1.807, 2.05) is 25.4 Å². The molecule has 24 heavy (non-hydrogen) atoms. The Morgan fingerprint density at radius 3 is 2.54 bits per heavy atom. The molecule has 0 radical (unpaired) electrons. The van der Waals surface area contributed by atoms with Gasteiger partial charge in [-0.05, 0) is 44.6 Å². The van der Waals surface area contributed by atoms with Crippen molar-refractivity contribution in [1.82, 2.24) is 19.7 Å². The van der Waals surface area contributed by atoms with Gasteiger partial charge >= 0.3 is 0 Å². The molecule has 1 saturated carbocycles. The van der Waals surface area contributed by atoms with Gasteiger partial charge in [-0.15, -0.1) is 0 Å². The van der Waals surface area contributed by atoms with Crippen molar-refractivity contribution < 1.29 is 0 Å². The summed E-state index contributed by atoms with van der Waals surface area (Å²) in [5, 5.41) is 4.58. The lowest BCUT2D eigenvalue weighted by Crippen LogP contribution is -2.37. The van der Waals surface area contributed by atoms with E-state index in [9.17, 15) is 4.79 Å². The topological polar surface area (TPSA) is 63.9 Å². The monoisotopic (exact) mass is 325 g/mol. The SMILES string of the molecule is Cc1cnc(N2CCC(Cn3nc(C4CC4)ccc3=O)CC2)cn1. The normalized spacial score (nSPS) is 18.8. The fourth-order valence-electron chi connectivity index (χ4n) is 3.33. The second-order valence-electron chi connectivity index (χ2n) is 7.00. The average molecular weight is 325 g/mol. The number of hydrogen-bond donors (Lipinski definition) is 0. The molecule has 2 fully saturated rings. The number of aromatic nitrogens is 4. The maximum absolute atomic E-state index is 12.1. The molecule has 0 bridgehead atoms. The standard InChI is InChI=1S/C18H23N5O/c1-13-10-20-17(11-19-13)22-8-6-14(7-9-22)12-23-18(24)5-4-16(21-23)15-2-3-15/h4-5,10-11,14-15H,2-3,6-9,12H2,1H3. The molecule has 0 N–H and O–H groups in total. The zero-order chi connectivity index (χ0) is 16.5. The van der Waals surface area contributed by atoms with Gasteiger partial charge in [-0.2, -0.15) is 5.10 Å². The summed E-state index contributed by atoms with van der Waals surface area (Å²) < 4.78 is 1.68. The van der Waals surface area contributed by atoms with Crippen LogP contribution >= 0.6 is 0 Å².